The van der Waals surface area contributed by atoms with Crippen molar-refractivity contribution in [3.8, 4) is 0 Å². The van der Waals surface area contributed by atoms with Gasteiger partial charge in [-0.2, -0.15) is 0 Å². The van der Waals surface area contributed by atoms with Gasteiger partial charge in [0, 0.05) is 5.02 Å². The lowest BCUT2D eigenvalue weighted by Gasteiger charge is -2.05. The molecular weight excluding hydrogens is 156 g/mol. The first-order valence-corrected chi connectivity index (χ1v) is 4.17. The summed E-state index contributed by atoms with van der Waals surface area (Å²) in [5.74, 6) is 0.551. The smallest absolute Gasteiger partial charge is 0.0441 e. The average Bonchev–Trinajstić information content (AvgIpc) is 1.93. The third-order valence-electron chi connectivity index (χ3n) is 1.42. The summed E-state index contributed by atoms with van der Waals surface area (Å²) in [6, 6.07) is 7.89. The molecule has 0 spiro atoms. The minimum Gasteiger partial charge on any atom is -0.0840 e. The molecule has 1 rings (SSSR count). The van der Waals surface area contributed by atoms with Gasteiger partial charge in [-0.25, -0.2) is 0 Å². The molecule has 0 saturated carbocycles. The van der Waals surface area contributed by atoms with Crippen molar-refractivity contribution < 1.29 is 0 Å². The molecule has 59 valence electrons. The molecule has 0 amide bonds. The zero-order chi connectivity index (χ0) is 8.27. The van der Waals surface area contributed by atoms with Gasteiger partial charge in [0.25, 0.3) is 0 Å². The Morgan fingerprint density at radius 3 is 2.45 bits per heavy atom. The second-order valence-corrected chi connectivity index (χ2v) is 3.34. The monoisotopic (exact) mass is 167 g/mol. The molecule has 0 bridgehead atoms. The molecule has 0 N–H and O–H groups in total. The minimum atomic E-state index is 0.551. The van der Waals surface area contributed by atoms with E-state index in [2.05, 4.69) is 20.3 Å². The molecule has 0 unspecified atom stereocenters. The van der Waals surface area contributed by atoms with E-state index >= 15 is 0 Å². The van der Waals surface area contributed by atoms with Gasteiger partial charge in [0.1, 0.15) is 0 Å². The van der Waals surface area contributed by atoms with Crippen LogP contribution in [0.25, 0.3) is 0 Å². The van der Waals surface area contributed by atoms with E-state index in [-0.39, 0.29) is 0 Å². The molecule has 1 heteroatoms. The fraction of sp³-hybridized carbons (Fsp3) is 0.300. The van der Waals surface area contributed by atoms with Gasteiger partial charge in [0.15, 0.2) is 0 Å². The summed E-state index contributed by atoms with van der Waals surface area (Å²) in [6.45, 7) is 4.28. The van der Waals surface area contributed by atoms with Crippen molar-refractivity contribution in [1.29, 1.82) is 0 Å². The first kappa shape index (κ1) is 8.61. The molecule has 0 aromatic heterocycles. The molecule has 0 nitrogen and oxygen atoms in total. The van der Waals surface area contributed by atoms with Crippen LogP contribution in [0.5, 0.6) is 0 Å². The summed E-state index contributed by atoms with van der Waals surface area (Å²) >= 11 is 5.94. The van der Waals surface area contributed by atoms with Gasteiger partial charge < -0.3 is 0 Å². The van der Waals surface area contributed by atoms with E-state index in [9.17, 15) is 0 Å². The van der Waals surface area contributed by atoms with Crippen LogP contribution >= 0.6 is 11.6 Å². The molecular formula is C10H12Cl. The van der Waals surface area contributed by atoms with Crippen molar-refractivity contribution in [2.45, 2.75) is 13.8 Å². The minimum absolute atomic E-state index is 0.551. The van der Waals surface area contributed by atoms with Gasteiger partial charge in [-0.05, 0) is 24.0 Å². The van der Waals surface area contributed by atoms with Gasteiger partial charge in [0.05, 0.1) is 0 Å². The maximum absolute atomic E-state index is 5.94. The molecule has 1 aromatic carbocycles. The van der Waals surface area contributed by atoms with Gasteiger partial charge in [-0.1, -0.05) is 43.6 Å². The molecule has 0 saturated heterocycles. The van der Waals surface area contributed by atoms with Crippen LogP contribution in [0, 0.1) is 12.3 Å². The number of hydrogen-bond acceptors (Lipinski definition) is 0. The number of hydrogen-bond donors (Lipinski definition) is 0. The largest absolute Gasteiger partial charge is 0.0840 e. The predicted molar refractivity (Wildman–Crippen MR) is 49.7 cm³/mol. The lowest BCUT2D eigenvalue weighted by Crippen LogP contribution is -1.90. The van der Waals surface area contributed by atoms with Crippen molar-refractivity contribution in [3.05, 3.63) is 41.3 Å². The first-order valence-electron chi connectivity index (χ1n) is 3.79. The Bertz CT molecular complexity index is 228. The Hall–Kier alpha value is -0.490. The van der Waals surface area contributed by atoms with Crippen LogP contribution < -0.4 is 0 Å². The van der Waals surface area contributed by atoms with E-state index in [1.54, 1.807) is 0 Å². The highest BCUT2D eigenvalue weighted by atomic mass is 35.5. The maximum atomic E-state index is 5.94. The fourth-order valence-corrected chi connectivity index (χ4v) is 1.17. The Morgan fingerprint density at radius 1 is 1.27 bits per heavy atom. The van der Waals surface area contributed by atoms with Crippen LogP contribution in [-0.2, 0) is 0 Å². The molecule has 0 aliphatic rings. The SMILES string of the molecule is CC(C)[CH]c1ccccc1Cl. The summed E-state index contributed by atoms with van der Waals surface area (Å²) in [4.78, 5) is 0. The first-order chi connectivity index (χ1) is 5.20. The summed E-state index contributed by atoms with van der Waals surface area (Å²) in [5, 5.41) is 0.834. The van der Waals surface area contributed by atoms with Gasteiger partial charge in [-0.3, -0.25) is 0 Å². The standard InChI is InChI=1S/C10H12Cl/c1-8(2)7-9-5-3-4-6-10(9)11/h3-8H,1-2H3. The third-order valence-corrected chi connectivity index (χ3v) is 1.76. The van der Waals surface area contributed by atoms with Crippen molar-refractivity contribution in [1.82, 2.24) is 0 Å². The van der Waals surface area contributed by atoms with E-state index in [1.807, 2.05) is 24.3 Å². The van der Waals surface area contributed by atoms with Crippen molar-refractivity contribution in [3.63, 3.8) is 0 Å². The van der Waals surface area contributed by atoms with Crippen LogP contribution in [-0.4, -0.2) is 0 Å². The van der Waals surface area contributed by atoms with E-state index in [0.717, 1.165) is 10.6 Å². The molecule has 11 heavy (non-hydrogen) atoms. The van der Waals surface area contributed by atoms with Crippen molar-refractivity contribution in [2.24, 2.45) is 5.92 Å². The van der Waals surface area contributed by atoms with Gasteiger partial charge >= 0.3 is 0 Å². The second kappa shape index (κ2) is 3.77. The van der Waals surface area contributed by atoms with E-state index in [1.165, 1.54) is 0 Å². The highest BCUT2D eigenvalue weighted by molar-refractivity contribution is 6.31. The highest BCUT2D eigenvalue weighted by Gasteiger charge is 2.00. The summed E-state index contributed by atoms with van der Waals surface area (Å²) in [5.41, 5.74) is 1.13. The van der Waals surface area contributed by atoms with Crippen molar-refractivity contribution in [2.75, 3.05) is 0 Å². The molecule has 1 radical (unpaired) electrons. The number of benzene rings is 1. The second-order valence-electron chi connectivity index (χ2n) is 2.93. The fourth-order valence-electron chi connectivity index (χ4n) is 0.969. The van der Waals surface area contributed by atoms with Crippen LogP contribution in [0.1, 0.15) is 19.4 Å². The Kier molecular flexibility index (Phi) is 2.95. The topological polar surface area (TPSA) is 0 Å². The van der Waals surface area contributed by atoms with Crippen LogP contribution in [0.4, 0.5) is 0 Å². The quantitative estimate of drug-likeness (QED) is 0.632. The van der Waals surface area contributed by atoms with Gasteiger partial charge in [-0.15, -0.1) is 0 Å². The normalized spacial score (nSPS) is 10.5. The molecule has 0 fully saturated rings. The summed E-state index contributed by atoms with van der Waals surface area (Å²) in [7, 11) is 0. The Balaban J connectivity index is 2.78. The van der Waals surface area contributed by atoms with E-state index in [0.29, 0.717) is 5.92 Å². The molecule has 0 atom stereocenters. The molecule has 0 heterocycles. The van der Waals surface area contributed by atoms with E-state index in [4.69, 9.17) is 11.6 Å². The molecule has 1 aromatic rings. The number of rotatable bonds is 2. The lowest BCUT2D eigenvalue weighted by atomic mass is 10.0. The molecule has 0 aliphatic heterocycles. The maximum Gasteiger partial charge on any atom is 0.0441 e. The van der Waals surface area contributed by atoms with Crippen LogP contribution in [0.3, 0.4) is 0 Å². The van der Waals surface area contributed by atoms with Crippen molar-refractivity contribution >= 4 is 11.6 Å². The van der Waals surface area contributed by atoms with Crippen LogP contribution in [0.2, 0.25) is 5.02 Å². The Morgan fingerprint density at radius 2 is 1.91 bits per heavy atom. The molecule has 0 aliphatic carbocycles. The summed E-state index contributed by atoms with van der Waals surface area (Å²) < 4.78 is 0. The highest BCUT2D eigenvalue weighted by Crippen LogP contribution is 2.19. The summed E-state index contributed by atoms with van der Waals surface area (Å²) in [6.07, 6.45) is 2.16. The lowest BCUT2D eigenvalue weighted by molar-refractivity contribution is 0.776. The Labute approximate surface area is 73.2 Å². The van der Waals surface area contributed by atoms with Gasteiger partial charge in [0.2, 0.25) is 0 Å². The van der Waals surface area contributed by atoms with E-state index < -0.39 is 0 Å². The third kappa shape index (κ3) is 2.55. The predicted octanol–water partition coefficient (Wildman–Crippen LogP) is 3.55. The van der Waals surface area contributed by atoms with Crippen LogP contribution in [0.15, 0.2) is 24.3 Å². The zero-order valence-electron chi connectivity index (χ0n) is 6.84. The zero-order valence-corrected chi connectivity index (χ0v) is 7.60. The number of halogens is 1. The average molecular weight is 168 g/mol.